The van der Waals surface area contributed by atoms with Crippen LogP contribution >= 0.6 is 0 Å². The van der Waals surface area contributed by atoms with E-state index < -0.39 is 47.9 Å². The smallest absolute Gasteiger partial charge is 0.410 e. The van der Waals surface area contributed by atoms with E-state index in [0.717, 1.165) is 0 Å². The Morgan fingerprint density at radius 2 is 1.04 bits per heavy atom. The molecular weight excluding hydrogens is 380 g/mol. The molecule has 0 aliphatic carbocycles. The molecular formula is C10H8F12O2. The monoisotopic (exact) mass is 388 g/mol. The summed E-state index contributed by atoms with van der Waals surface area (Å²) >= 11 is 0. The summed E-state index contributed by atoms with van der Waals surface area (Å²) in [7, 11) is -0.0253. The van der Waals surface area contributed by atoms with Crippen molar-refractivity contribution >= 4 is 5.97 Å². The van der Waals surface area contributed by atoms with Crippen LogP contribution in [-0.4, -0.2) is 48.6 Å². The van der Waals surface area contributed by atoms with Gasteiger partial charge in [-0.1, -0.05) is 6.92 Å². The number of carbonyl (C=O) groups is 1. The second-order valence-electron chi connectivity index (χ2n) is 4.42. The average molecular weight is 388 g/mol. The van der Waals surface area contributed by atoms with E-state index in [1.54, 1.807) is 0 Å². The number of rotatable bonds is 7. The van der Waals surface area contributed by atoms with Crippen molar-refractivity contribution in [1.82, 2.24) is 0 Å². The van der Waals surface area contributed by atoms with Crippen LogP contribution in [0, 0.1) is 0 Å². The molecule has 0 unspecified atom stereocenters. The minimum absolute atomic E-state index is 0.0253. The zero-order valence-electron chi connectivity index (χ0n) is 11.6. The van der Waals surface area contributed by atoms with Crippen LogP contribution < -0.4 is 0 Å². The number of hydrogen-bond donors (Lipinski definition) is 0. The molecule has 2 nitrogen and oxygen atoms in total. The summed E-state index contributed by atoms with van der Waals surface area (Å²) < 4.78 is 159. The molecule has 24 heavy (non-hydrogen) atoms. The SMILES string of the molecule is CCC(F)(F)C(F)(F)C(F)(F)C(F)(F)C(F)(F)C(F)(F)C(=O)OC. The molecule has 0 rings (SSSR count). The summed E-state index contributed by atoms with van der Waals surface area (Å²) in [5.41, 5.74) is 0. The fraction of sp³-hybridized carbons (Fsp3) is 0.900. The standard InChI is InChI=1S/C10H8F12O2/c1-3-5(11,12)7(15,16)9(19,20)10(21,22)8(17,18)6(13,14)4(23)24-2/h3H2,1-2H3. The predicted molar refractivity (Wildman–Crippen MR) is 52.0 cm³/mol. The minimum atomic E-state index is -7.75. The molecule has 0 saturated heterocycles. The Morgan fingerprint density at radius 3 is 1.33 bits per heavy atom. The van der Waals surface area contributed by atoms with Crippen molar-refractivity contribution in [3.8, 4) is 0 Å². The first-order valence-electron chi connectivity index (χ1n) is 5.64. The number of carbonyl (C=O) groups excluding carboxylic acids is 1. The third-order valence-corrected chi connectivity index (χ3v) is 2.92. The topological polar surface area (TPSA) is 26.3 Å². The van der Waals surface area contributed by atoms with Gasteiger partial charge in [0.1, 0.15) is 0 Å². The summed E-state index contributed by atoms with van der Waals surface area (Å²) in [4.78, 5) is 10.4. The zero-order valence-corrected chi connectivity index (χ0v) is 11.6. The highest BCUT2D eigenvalue weighted by Gasteiger charge is 2.91. The summed E-state index contributed by atoms with van der Waals surface area (Å²) in [6.07, 6.45) is -2.20. The first-order valence-corrected chi connectivity index (χ1v) is 5.64. The lowest BCUT2D eigenvalue weighted by Gasteiger charge is -2.40. The molecule has 0 spiro atoms. The van der Waals surface area contributed by atoms with Gasteiger partial charge in [-0.05, 0) is 0 Å². The van der Waals surface area contributed by atoms with Crippen molar-refractivity contribution in [2.45, 2.75) is 48.9 Å². The molecule has 0 aromatic rings. The van der Waals surface area contributed by atoms with E-state index >= 15 is 0 Å². The van der Waals surface area contributed by atoms with Crippen molar-refractivity contribution < 1.29 is 62.2 Å². The van der Waals surface area contributed by atoms with E-state index in [-0.39, 0.29) is 14.0 Å². The number of ether oxygens (including phenoxy) is 1. The number of esters is 1. The summed E-state index contributed by atoms with van der Waals surface area (Å²) in [5, 5.41) is 0. The lowest BCUT2D eigenvalue weighted by molar-refractivity contribution is -0.421. The van der Waals surface area contributed by atoms with Gasteiger partial charge in [-0.15, -0.1) is 0 Å². The van der Waals surface area contributed by atoms with E-state index in [1.165, 1.54) is 0 Å². The fourth-order valence-electron chi connectivity index (χ4n) is 1.30. The van der Waals surface area contributed by atoms with E-state index in [0.29, 0.717) is 0 Å². The molecule has 0 amide bonds. The van der Waals surface area contributed by atoms with Gasteiger partial charge < -0.3 is 4.74 Å². The summed E-state index contributed by atoms with van der Waals surface area (Å²) in [5.74, 6) is -46.2. The lowest BCUT2D eigenvalue weighted by atomic mass is 9.90. The van der Waals surface area contributed by atoms with Crippen LogP contribution in [0.1, 0.15) is 13.3 Å². The van der Waals surface area contributed by atoms with Gasteiger partial charge >= 0.3 is 41.5 Å². The highest BCUT2D eigenvalue weighted by Crippen LogP contribution is 2.60. The van der Waals surface area contributed by atoms with Crippen LogP contribution in [0.3, 0.4) is 0 Å². The largest absolute Gasteiger partial charge is 0.464 e. The Kier molecular flexibility index (Phi) is 5.53. The van der Waals surface area contributed by atoms with E-state index in [1.807, 2.05) is 0 Å². The second kappa shape index (κ2) is 5.86. The van der Waals surface area contributed by atoms with Gasteiger partial charge in [-0.2, -0.15) is 52.7 Å². The molecule has 0 atom stereocenters. The maximum atomic E-state index is 13.1. The third-order valence-electron chi connectivity index (χ3n) is 2.92. The molecule has 0 N–H and O–H groups in total. The minimum Gasteiger partial charge on any atom is -0.464 e. The molecule has 14 heteroatoms. The maximum absolute atomic E-state index is 13.1. The van der Waals surface area contributed by atoms with E-state index in [2.05, 4.69) is 4.74 Å². The van der Waals surface area contributed by atoms with Crippen molar-refractivity contribution in [3.63, 3.8) is 0 Å². The molecule has 0 saturated carbocycles. The number of methoxy groups -OCH3 is 1. The molecule has 0 aromatic carbocycles. The Bertz CT molecular complexity index is 484. The molecule has 0 aliphatic rings. The van der Waals surface area contributed by atoms with Gasteiger partial charge in [-0.25, -0.2) is 4.79 Å². The molecule has 0 aromatic heterocycles. The first-order chi connectivity index (χ1) is 10.3. The zero-order chi connectivity index (χ0) is 20.0. The highest BCUT2D eigenvalue weighted by molar-refractivity contribution is 5.79. The normalized spacial score (nSPS) is 15.4. The Morgan fingerprint density at radius 1 is 0.708 bits per heavy atom. The van der Waals surface area contributed by atoms with Crippen LogP contribution in [0.5, 0.6) is 0 Å². The summed E-state index contributed by atoms with van der Waals surface area (Å²) in [6, 6.07) is 0. The van der Waals surface area contributed by atoms with Gasteiger partial charge in [0.15, 0.2) is 0 Å². The van der Waals surface area contributed by atoms with Gasteiger partial charge in [0.05, 0.1) is 7.11 Å². The predicted octanol–water partition coefficient (Wildman–Crippen LogP) is 4.38. The molecule has 0 heterocycles. The number of hydrogen-bond acceptors (Lipinski definition) is 2. The third kappa shape index (κ3) is 2.66. The molecule has 0 bridgehead atoms. The van der Waals surface area contributed by atoms with Crippen molar-refractivity contribution in [3.05, 3.63) is 0 Å². The molecule has 0 fully saturated rings. The van der Waals surface area contributed by atoms with Gasteiger partial charge in [0.2, 0.25) is 0 Å². The molecule has 0 radical (unpaired) electrons. The van der Waals surface area contributed by atoms with Crippen LogP contribution in [-0.2, 0) is 9.53 Å². The molecule has 0 aliphatic heterocycles. The van der Waals surface area contributed by atoms with Gasteiger partial charge in [0, 0.05) is 6.42 Å². The van der Waals surface area contributed by atoms with Crippen LogP contribution in [0.2, 0.25) is 0 Å². The van der Waals surface area contributed by atoms with Gasteiger partial charge in [-0.3, -0.25) is 0 Å². The fourth-order valence-corrected chi connectivity index (χ4v) is 1.30. The van der Waals surface area contributed by atoms with Crippen LogP contribution in [0.4, 0.5) is 52.7 Å². The van der Waals surface area contributed by atoms with Gasteiger partial charge in [0.25, 0.3) is 0 Å². The molecule has 144 valence electrons. The summed E-state index contributed by atoms with van der Waals surface area (Å²) in [6.45, 7) is 0.128. The number of halogens is 12. The second-order valence-corrected chi connectivity index (χ2v) is 4.42. The van der Waals surface area contributed by atoms with E-state index in [9.17, 15) is 57.5 Å². The Balaban J connectivity index is 6.35. The Labute approximate surface area is 125 Å². The Hall–Kier alpha value is -1.37. The number of alkyl halides is 12. The maximum Gasteiger partial charge on any atom is 0.410 e. The van der Waals surface area contributed by atoms with Crippen molar-refractivity contribution in [1.29, 1.82) is 0 Å². The lowest BCUT2D eigenvalue weighted by Crippen LogP contribution is -2.71. The van der Waals surface area contributed by atoms with Crippen LogP contribution in [0.25, 0.3) is 0 Å². The van der Waals surface area contributed by atoms with Crippen LogP contribution in [0.15, 0.2) is 0 Å². The van der Waals surface area contributed by atoms with E-state index in [4.69, 9.17) is 0 Å². The van der Waals surface area contributed by atoms with Crippen molar-refractivity contribution in [2.75, 3.05) is 7.11 Å². The highest BCUT2D eigenvalue weighted by atomic mass is 19.4. The quantitative estimate of drug-likeness (QED) is 0.478. The first kappa shape index (κ1) is 22.6. The van der Waals surface area contributed by atoms with Crippen molar-refractivity contribution in [2.24, 2.45) is 0 Å². The average Bonchev–Trinajstić information content (AvgIpc) is 2.44.